The number of ether oxygens (including phenoxy) is 1. The van der Waals surface area contributed by atoms with Crippen LogP contribution >= 0.6 is 23.2 Å². The lowest BCUT2D eigenvalue weighted by Crippen LogP contribution is -2.30. The maximum atomic E-state index is 12.6. The number of anilines is 2. The normalized spacial score (nSPS) is 12.7. The number of carbonyl (C=O) groups is 2. The van der Waals surface area contributed by atoms with E-state index >= 15 is 0 Å². The standard InChI is InChI=1S/C23H24Cl2N4O3/c1-13-11-14(2)29(28-13)15(3)22(30)27-21-10-7-18(12-20(21)25)26-23(31)16(4)32-19-8-5-17(24)6-9-19/h5-12,15-16H,1-4H3,(H,26,31)(H,27,30). The van der Waals surface area contributed by atoms with Crippen molar-refractivity contribution in [3.05, 3.63) is 70.0 Å². The van der Waals surface area contributed by atoms with E-state index in [1.165, 1.54) is 0 Å². The molecule has 2 atom stereocenters. The predicted octanol–water partition coefficient (Wildman–Crippen LogP) is 5.41. The van der Waals surface area contributed by atoms with Crippen molar-refractivity contribution in [2.45, 2.75) is 39.8 Å². The molecule has 3 rings (SSSR count). The molecule has 0 fully saturated rings. The van der Waals surface area contributed by atoms with Gasteiger partial charge in [-0.1, -0.05) is 23.2 Å². The van der Waals surface area contributed by atoms with Crippen molar-refractivity contribution in [2.24, 2.45) is 0 Å². The molecule has 9 heteroatoms. The van der Waals surface area contributed by atoms with Crippen LogP contribution in [0.4, 0.5) is 11.4 Å². The molecule has 0 aliphatic heterocycles. The van der Waals surface area contributed by atoms with Gasteiger partial charge < -0.3 is 15.4 Å². The van der Waals surface area contributed by atoms with Crippen molar-refractivity contribution in [1.29, 1.82) is 0 Å². The van der Waals surface area contributed by atoms with Crippen molar-refractivity contribution < 1.29 is 14.3 Å². The second-order valence-corrected chi connectivity index (χ2v) is 8.28. The number of amides is 2. The summed E-state index contributed by atoms with van der Waals surface area (Å²) < 4.78 is 7.28. The van der Waals surface area contributed by atoms with Crippen LogP contribution in [0.1, 0.15) is 31.3 Å². The van der Waals surface area contributed by atoms with Gasteiger partial charge in [0.25, 0.3) is 5.91 Å². The molecule has 2 aromatic carbocycles. The first-order valence-corrected chi connectivity index (χ1v) is 10.8. The molecule has 0 aliphatic rings. The zero-order valence-electron chi connectivity index (χ0n) is 18.1. The zero-order valence-corrected chi connectivity index (χ0v) is 19.7. The summed E-state index contributed by atoms with van der Waals surface area (Å²) in [6, 6.07) is 13.0. The molecule has 2 unspecified atom stereocenters. The molecule has 1 aromatic heterocycles. The molecule has 0 saturated heterocycles. The van der Waals surface area contributed by atoms with Crippen LogP contribution in [-0.2, 0) is 9.59 Å². The highest BCUT2D eigenvalue weighted by Crippen LogP contribution is 2.27. The fraction of sp³-hybridized carbons (Fsp3) is 0.261. The van der Waals surface area contributed by atoms with Gasteiger partial charge in [0.1, 0.15) is 11.8 Å². The highest BCUT2D eigenvalue weighted by molar-refractivity contribution is 6.34. The van der Waals surface area contributed by atoms with Gasteiger partial charge in [-0.25, -0.2) is 0 Å². The van der Waals surface area contributed by atoms with Crippen molar-refractivity contribution in [2.75, 3.05) is 10.6 Å². The van der Waals surface area contributed by atoms with Crippen molar-refractivity contribution in [1.82, 2.24) is 9.78 Å². The fourth-order valence-corrected chi connectivity index (χ4v) is 3.45. The van der Waals surface area contributed by atoms with Crippen LogP contribution < -0.4 is 15.4 Å². The van der Waals surface area contributed by atoms with Crippen LogP contribution in [0, 0.1) is 13.8 Å². The fourth-order valence-electron chi connectivity index (χ4n) is 3.10. The second-order valence-electron chi connectivity index (χ2n) is 7.43. The number of nitrogens with one attached hydrogen (secondary N) is 2. The molecule has 2 N–H and O–H groups in total. The van der Waals surface area contributed by atoms with Crippen LogP contribution in [0.5, 0.6) is 5.75 Å². The molecular formula is C23H24Cl2N4O3. The molecule has 0 saturated carbocycles. The minimum Gasteiger partial charge on any atom is -0.481 e. The molecule has 0 aliphatic carbocycles. The van der Waals surface area contributed by atoms with Crippen LogP contribution in [0.2, 0.25) is 10.0 Å². The van der Waals surface area contributed by atoms with E-state index < -0.39 is 12.1 Å². The first kappa shape index (κ1) is 23.6. The van der Waals surface area contributed by atoms with Gasteiger partial charge in [0.05, 0.1) is 16.4 Å². The van der Waals surface area contributed by atoms with Gasteiger partial charge in [-0.2, -0.15) is 5.10 Å². The van der Waals surface area contributed by atoms with Gasteiger partial charge in [0.2, 0.25) is 5.91 Å². The Morgan fingerprint density at radius 2 is 1.66 bits per heavy atom. The quantitative estimate of drug-likeness (QED) is 0.479. The van der Waals surface area contributed by atoms with E-state index in [1.807, 2.05) is 19.9 Å². The molecule has 168 valence electrons. The number of halogens is 2. The summed E-state index contributed by atoms with van der Waals surface area (Å²) in [6.07, 6.45) is -0.740. The number of rotatable bonds is 7. The van der Waals surface area contributed by atoms with Crippen molar-refractivity contribution in [3.8, 4) is 5.75 Å². The largest absolute Gasteiger partial charge is 0.481 e. The third-order valence-corrected chi connectivity index (χ3v) is 5.35. The molecule has 0 radical (unpaired) electrons. The minimum absolute atomic E-state index is 0.250. The van der Waals surface area contributed by atoms with Gasteiger partial charge in [-0.05, 0) is 76.2 Å². The van der Waals surface area contributed by atoms with Crippen molar-refractivity contribution in [3.63, 3.8) is 0 Å². The van der Waals surface area contributed by atoms with Crippen LogP contribution in [0.15, 0.2) is 48.5 Å². The maximum Gasteiger partial charge on any atom is 0.265 e. The lowest BCUT2D eigenvalue weighted by molar-refractivity contribution is -0.122. The summed E-state index contributed by atoms with van der Waals surface area (Å²) in [6.45, 7) is 7.17. The number of hydrogen-bond acceptors (Lipinski definition) is 4. The van der Waals surface area contributed by atoms with E-state index in [4.69, 9.17) is 27.9 Å². The van der Waals surface area contributed by atoms with Gasteiger partial charge in [-0.15, -0.1) is 0 Å². The Bertz CT molecular complexity index is 1130. The average molecular weight is 475 g/mol. The predicted molar refractivity (Wildman–Crippen MR) is 127 cm³/mol. The molecule has 0 spiro atoms. The van der Waals surface area contributed by atoms with Gasteiger partial charge >= 0.3 is 0 Å². The van der Waals surface area contributed by atoms with E-state index in [1.54, 1.807) is 61.0 Å². The van der Waals surface area contributed by atoms with E-state index in [0.717, 1.165) is 11.4 Å². The molecular weight excluding hydrogens is 451 g/mol. The van der Waals surface area contributed by atoms with Crippen LogP contribution in [0.3, 0.4) is 0 Å². The second kappa shape index (κ2) is 10.1. The summed E-state index contributed by atoms with van der Waals surface area (Å²) in [5, 5.41) is 10.8. The third kappa shape index (κ3) is 5.81. The van der Waals surface area contributed by atoms with Crippen molar-refractivity contribution >= 4 is 46.4 Å². The first-order valence-electron chi connectivity index (χ1n) is 10.0. The number of aromatic nitrogens is 2. The highest BCUT2D eigenvalue weighted by atomic mass is 35.5. The number of hydrogen-bond donors (Lipinski definition) is 2. The molecule has 7 nitrogen and oxygen atoms in total. The minimum atomic E-state index is -0.740. The number of carbonyl (C=O) groups excluding carboxylic acids is 2. The maximum absolute atomic E-state index is 12.6. The number of benzene rings is 2. The van der Waals surface area contributed by atoms with Gasteiger partial charge in [-0.3, -0.25) is 14.3 Å². The van der Waals surface area contributed by atoms with Crippen LogP contribution in [-0.4, -0.2) is 27.7 Å². The molecule has 0 bridgehead atoms. The smallest absolute Gasteiger partial charge is 0.265 e. The molecule has 32 heavy (non-hydrogen) atoms. The van der Waals surface area contributed by atoms with Gasteiger partial charge in [0, 0.05) is 16.4 Å². The van der Waals surface area contributed by atoms with Crippen LogP contribution in [0.25, 0.3) is 0 Å². The Kier molecular flexibility index (Phi) is 7.43. The Balaban J connectivity index is 1.61. The number of aryl methyl sites for hydroxylation is 2. The summed E-state index contributed by atoms with van der Waals surface area (Å²) in [5.41, 5.74) is 2.66. The SMILES string of the molecule is Cc1cc(C)n(C(C)C(=O)Nc2ccc(NC(=O)C(C)Oc3ccc(Cl)cc3)cc2Cl)n1. The Morgan fingerprint density at radius 3 is 2.25 bits per heavy atom. The third-order valence-electron chi connectivity index (χ3n) is 4.78. The zero-order chi connectivity index (χ0) is 23.4. The summed E-state index contributed by atoms with van der Waals surface area (Å²) in [5.74, 6) is -0.0595. The van der Waals surface area contributed by atoms with Gasteiger partial charge in [0.15, 0.2) is 6.10 Å². The lowest BCUT2D eigenvalue weighted by atomic mass is 10.2. The van der Waals surface area contributed by atoms with E-state index in [2.05, 4.69) is 15.7 Å². The van der Waals surface area contributed by atoms with E-state index in [0.29, 0.717) is 27.2 Å². The van der Waals surface area contributed by atoms with E-state index in [-0.39, 0.29) is 11.8 Å². The average Bonchev–Trinajstić information content (AvgIpc) is 3.08. The number of nitrogens with zero attached hydrogens (tertiary/aromatic N) is 2. The Labute approximate surface area is 196 Å². The lowest BCUT2D eigenvalue weighted by Gasteiger charge is -2.17. The molecule has 1 heterocycles. The summed E-state index contributed by atoms with van der Waals surface area (Å²) in [4.78, 5) is 25.1. The highest BCUT2D eigenvalue weighted by Gasteiger charge is 2.20. The topological polar surface area (TPSA) is 85.2 Å². The monoisotopic (exact) mass is 474 g/mol. The summed E-state index contributed by atoms with van der Waals surface area (Å²) in [7, 11) is 0. The van der Waals surface area contributed by atoms with E-state index in [9.17, 15) is 9.59 Å². The molecule has 2 amide bonds. The first-order chi connectivity index (χ1) is 15.1. The molecule has 3 aromatic rings. The Morgan fingerprint density at radius 1 is 0.969 bits per heavy atom. The summed E-state index contributed by atoms with van der Waals surface area (Å²) >= 11 is 12.2. The Hall–Kier alpha value is -3.03.